The van der Waals surface area contributed by atoms with E-state index in [1.54, 1.807) is 0 Å². The monoisotopic (exact) mass is 378 g/mol. The molecule has 1 N–H and O–H groups in total. The summed E-state index contributed by atoms with van der Waals surface area (Å²) in [5.74, 6) is -1.03. The van der Waals surface area contributed by atoms with Crippen LogP contribution in [0.5, 0.6) is 0 Å². The van der Waals surface area contributed by atoms with Gasteiger partial charge >= 0.3 is 0 Å². The fourth-order valence-corrected chi connectivity index (χ4v) is 3.42. The van der Waals surface area contributed by atoms with E-state index in [0.29, 0.717) is 0 Å². The maximum absolute atomic E-state index is 13.4. The van der Waals surface area contributed by atoms with Crippen LogP contribution in [-0.2, 0) is 21.2 Å². The molecule has 0 aliphatic rings. The van der Waals surface area contributed by atoms with E-state index in [2.05, 4.69) is 12.2 Å². The second-order valence-electron chi connectivity index (χ2n) is 6.13. The van der Waals surface area contributed by atoms with E-state index >= 15 is 0 Å². The molecule has 5 nitrogen and oxygen atoms in total. The lowest BCUT2D eigenvalue weighted by Crippen LogP contribution is -2.41. The van der Waals surface area contributed by atoms with Crippen molar-refractivity contribution >= 4 is 21.6 Å². The van der Waals surface area contributed by atoms with Gasteiger partial charge in [0.25, 0.3) is 0 Å². The lowest BCUT2D eigenvalue weighted by Gasteiger charge is -2.23. The molecular weight excluding hydrogens is 355 g/mol. The zero-order chi connectivity index (χ0) is 19.3. The number of nitrogens with zero attached hydrogens (tertiary/aromatic N) is 1. The number of sulfonamides is 1. The van der Waals surface area contributed by atoms with Crippen molar-refractivity contribution in [1.82, 2.24) is 5.32 Å². The van der Waals surface area contributed by atoms with E-state index in [-0.39, 0.29) is 11.7 Å². The van der Waals surface area contributed by atoms with E-state index in [1.165, 1.54) is 23.8 Å². The van der Waals surface area contributed by atoms with Gasteiger partial charge < -0.3 is 5.32 Å². The summed E-state index contributed by atoms with van der Waals surface area (Å²) in [7, 11) is -3.73. The van der Waals surface area contributed by atoms with Crippen molar-refractivity contribution in [3.05, 3.63) is 65.5 Å². The molecule has 0 heterocycles. The van der Waals surface area contributed by atoms with Crippen LogP contribution in [-0.4, -0.2) is 27.1 Å². The summed E-state index contributed by atoms with van der Waals surface area (Å²) in [5, 5.41) is 2.78. The van der Waals surface area contributed by atoms with E-state index in [0.717, 1.165) is 28.6 Å². The Balaban J connectivity index is 2.11. The summed E-state index contributed by atoms with van der Waals surface area (Å²) in [6, 6.07) is 12.7. The highest BCUT2D eigenvalue weighted by Crippen LogP contribution is 2.19. The molecule has 1 atom stereocenters. The number of amides is 1. The van der Waals surface area contributed by atoms with Gasteiger partial charge in [0.15, 0.2) is 0 Å². The molecule has 0 radical (unpaired) electrons. The third-order valence-corrected chi connectivity index (χ3v) is 5.19. The lowest BCUT2D eigenvalue weighted by atomic mass is 10.1. The number of anilines is 1. The van der Waals surface area contributed by atoms with Crippen LogP contribution in [0, 0.1) is 5.82 Å². The average Bonchev–Trinajstić information content (AvgIpc) is 2.58. The Bertz CT molecular complexity index is 867. The van der Waals surface area contributed by atoms with Gasteiger partial charge in [-0.1, -0.05) is 37.3 Å². The topological polar surface area (TPSA) is 66.5 Å². The first-order valence-corrected chi connectivity index (χ1v) is 10.2. The zero-order valence-corrected chi connectivity index (χ0v) is 15.9. The number of carbonyl (C=O) groups excluding carboxylic acids is 1. The number of aryl methyl sites for hydroxylation is 1. The molecule has 0 bridgehead atoms. The fraction of sp³-hybridized carbons (Fsp3) is 0.316. The summed E-state index contributed by atoms with van der Waals surface area (Å²) < 4.78 is 38.4. The minimum Gasteiger partial charge on any atom is -0.348 e. The molecule has 0 saturated heterocycles. The van der Waals surface area contributed by atoms with Crippen LogP contribution in [0.4, 0.5) is 10.1 Å². The molecule has 0 spiro atoms. The molecule has 7 heteroatoms. The highest BCUT2D eigenvalue weighted by Gasteiger charge is 2.22. The van der Waals surface area contributed by atoms with Crippen molar-refractivity contribution < 1.29 is 17.6 Å². The highest BCUT2D eigenvalue weighted by atomic mass is 32.2. The molecule has 1 amide bonds. The number of hydrogen-bond donors (Lipinski definition) is 1. The van der Waals surface area contributed by atoms with Crippen LogP contribution < -0.4 is 9.62 Å². The van der Waals surface area contributed by atoms with Crippen molar-refractivity contribution in [3.63, 3.8) is 0 Å². The molecule has 0 aromatic heterocycles. The van der Waals surface area contributed by atoms with Gasteiger partial charge in [0.2, 0.25) is 15.9 Å². The minimum atomic E-state index is -3.73. The Morgan fingerprint density at radius 1 is 1.19 bits per heavy atom. The molecule has 0 saturated carbocycles. The van der Waals surface area contributed by atoms with E-state index in [1.807, 2.05) is 31.2 Å². The third-order valence-electron chi connectivity index (χ3n) is 4.05. The Labute approximate surface area is 153 Å². The summed E-state index contributed by atoms with van der Waals surface area (Å²) in [6.07, 6.45) is 1.91. The van der Waals surface area contributed by atoms with Crippen molar-refractivity contribution in [3.8, 4) is 0 Å². The molecule has 0 aliphatic carbocycles. The molecule has 2 aromatic carbocycles. The number of hydrogen-bond acceptors (Lipinski definition) is 3. The number of rotatable bonds is 7. The van der Waals surface area contributed by atoms with Gasteiger partial charge in [0, 0.05) is 0 Å². The van der Waals surface area contributed by atoms with Gasteiger partial charge in [-0.2, -0.15) is 0 Å². The standard InChI is InChI=1S/C19H23FN2O3S/c1-4-15-8-10-16(11-9-15)14(2)21-19(23)13-22(26(3,24)25)18-7-5-6-17(20)12-18/h5-12,14H,4,13H2,1-3H3,(H,21,23). The summed E-state index contributed by atoms with van der Waals surface area (Å²) in [6.45, 7) is 3.47. The maximum atomic E-state index is 13.4. The van der Waals surface area contributed by atoms with Crippen LogP contribution in [0.15, 0.2) is 48.5 Å². The van der Waals surface area contributed by atoms with Gasteiger partial charge in [-0.3, -0.25) is 9.10 Å². The largest absolute Gasteiger partial charge is 0.348 e. The smallest absolute Gasteiger partial charge is 0.241 e. The zero-order valence-electron chi connectivity index (χ0n) is 15.1. The minimum absolute atomic E-state index is 0.114. The SMILES string of the molecule is CCc1ccc(C(C)NC(=O)CN(c2cccc(F)c2)S(C)(=O)=O)cc1. The Kier molecular flexibility index (Phi) is 6.37. The molecule has 1 unspecified atom stereocenters. The molecule has 140 valence electrons. The first kappa shape index (κ1) is 19.9. The van der Waals surface area contributed by atoms with E-state index in [9.17, 15) is 17.6 Å². The van der Waals surface area contributed by atoms with E-state index in [4.69, 9.17) is 0 Å². The van der Waals surface area contributed by atoms with Crippen LogP contribution >= 0.6 is 0 Å². The summed E-state index contributed by atoms with van der Waals surface area (Å²) in [5.41, 5.74) is 2.23. The van der Waals surface area contributed by atoms with Crippen molar-refractivity contribution in [1.29, 1.82) is 0 Å². The van der Waals surface area contributed by atoms with Crippen LogP contribution in [0.3, 0.4) is 0 Å². The molecule has 0 fully saturated rings. The van der Waals surface area contributed by atoms with Crippen LogP contribution in [0.1, 0.15) is 31.0 Å². The molecule has 2 aromatic rings. The van der Waals surface area contributed by atoms with Gasteiger partial charge in [-0.15, -0.1) is 0 Å². The third kappa shape index (κ3) is 5.29. The number of nitrogens with one attached hydrogen (secondary N) is 1. The van der Waals surface area contributed by atoms with Gasteiger partial charge in [-0.05, 0) is 42.7 Å². The second kappa shape index (κ2) is 8.31. The Morgan fingerprint density at radius 2 is 1.85 bits per heavy atom. The first-order chi connectivity index (χ1) is 12.2. The van der Waals surface area contributed by atoms with Crippen molar-refractivity contribution in [2.24, 2.45) is 0 Å². The molecular formula is C19H23FN2O3S. The fourth-order valence-electron chi connectivity index (χ4n) is 2.57. The maximum Gasteiger partial charge on any atom is 0.241 e. The Morgan fingerprint density at radius 3 is 2.38 bits per heavy atom. The number of carbonyl (C=O) groups is 1. The molecule has 2 rings (SSSR count). The second-order valence-corrected chi connectivity index (χ2v) is 8.04. The highest BCUT2D eigenvalue weighted by molar-refractivity contribution is 7.92. The van der Waals surface area contributed by atoms with Gasteiger partial charge in [0.1, 0.15) is 12.4 Å². The van der Waals surface area contributed by atoms with Gasteiger partial charge in [0.05, 0.1) is 18.0 Å². The van der Waals surface area contributed by atoms with Crippen LogP contribution in [0.2, 0.25) is 0 Å². The summed E-state index contributed by atoms with van der Waals surface area (Å²) in [4.78, 5) is 12.4. The number of halogens is 1. The normalized spacial score (nSPS) is 12.5. The van der Waals surface area contributed by atoms with Gasteiger partial charge in [-0.25, -0.2) is 12.8 Å². The predicted molar refractivity (Wildman–Crippen MR) is 101 cm³/mol. The van der Waals surface area contributed by atoms with E-state index < -0.39 is 28.3 Å². The molecule has 26 heavy (non-hydrogen) atoms. The van der Waals surface area contributed by atoms with Crippen LogP contribution in [0.25, 0.3) is 0 Å². The molecule has 0 aliphatic heterocycles. The number of benzene rings is 2. The first-order valence-electron chi connectivity index (χ1n) is 8.32. The summed E-state index contributed by atoms with van der Waals surface area (Å²) >= 11 is 0. The Hall–Kier alpha value is -2.41. The quantitative estimate of drug-likeness (QED) is 0.805. The predicted octanol–water partition coefficient (Wildman–Crippen LogP) is 3.03. The van der Waals surface area contributed by atoms with Crippen molar-refractivity contribution in [2.45, 2.75) is 26.3 Å². The average molecular weight is 378 g/mol. The lowest BCUT2D eigenvalue weighted by molar-refractivity contribution is -0.120. The van der Waals surface area contributed by atoms with Crippen molar-refractivity contribution in [2.75, 3.05) is 17.1 Å².